The van der Waals surface area contributed by atoms with Gasteiger partial charge in [-0.1, -0.05) is 26.8 Å². The van der Waals surface area contributed by atoms with Crippen LogP contribution < -0.4 is 9.47 Å². The largest absolute Gasteiger partial charge is 0.493 e. The number of methoxy groups -OCH3 is 1. The number of rotatable bonds is 7. The molecule has 0 spiro atoms. The van der Waals surface area contributed by atoms with Gasteiger partial charge in [-0.15, -0.1) is 0 Å². The lowest BCUT2D eigenvalue weighted by Gasteiger charge is -2.31. The van der Waals surface area contributed by atoms with Gasteiger partial charge in [0.1, 0.15) is 6.54 Å². The molecule has 0 N–H and O–H groups in total. The topological polar surface area (TPSA) is 76.2 Å². The van der Waals surface area contributed by atoms with Crippen LogP contribution in [0.2, 0.25) is 0 Å². The number of carbonyl (C=O) groups is 3. The minimum Gasteiger partial charge on any atom is -0.493 e. The Labute approximate surface area is 187 Å². The Hall–Kier alpha value is -2.48. The molecule has 2 heterocycles. The van der Waals surface area contributed by atoms with Gasteiger partial charge in [-0.05, 0) is 60.2 Å². The Kier molecular flexibility index (Phi) is 7.64. The Morgan fingerprint density at radius 3 is 2.58 bits per heavy atom. The molecule has 0 saturated carbocycles. The second-order valence-corrected chi connectivity index (χ2v) is 9.44. The molecule has 8 heteroatoms. The van der Waals surface area contributed by atoms with Crippen molar-refractivity contribution in [3.63, 3.8) is 0 Å². The molecule has 0 atom stereocenters. The molecule has 0 unspecified atom stereocenters. The second-order valence-electron chi connectivity index (χ2n) is 8.45. The van der Waals surface area contributed by atoms with Gasteiger partial charge in [0, 0.05) is 13.1 Å². The Morgan fingerprint density at radius 1 is 1.23 bits per heavy atom. The van der Waals surface area contributed by atoms with Crippen molar-refractivity contribution < 1.29 is 23.9 Å². The number of hydrogen-bond acceptors (Lipinski definition) is 6. The molecule has 0 aliphatic carbocycles. The normalized spacial score (nSPS) is 18.9. The van der Waals surface area contributed by atoms with Gasteiger partial charge in [-0.3, -0.25) is 19.3 Å². The third-order valence-corrected chi connectivity index (χ3v) is 6.27. The quantitative estimate of drug-likeness (QED) is 0.589. The maximum atomic E-state index is 12.8. The van der Waals surface area contributed by atoms with E-state index in [1.54, 1.807) is 30.2 Å². The molecule has 0 radical (unpaired) electrons. The number of benzene rings is 1. The molecule has 31 heavy (non-hydrogen) atoms. The van der Waals surface area contributed by atoms with E-state index in [-0.39, 0.29) is 12.5 Å². The summed E-state index contributed by atoms with van der Waals surface area (Å²) < 4.78 is 11.2. The molecule has 7 nitrogen and oxygen atoms in total. The number of carbonyl (C=O) groups excluding carboxylic acids is 3. The van der Waals surface area contributed by atoms with Crippen LogP contribution >= 0.6 is 11.8 Å². The predicted molar refractivity (Wildman–Crippen MR) is 121 cm³/mol. The van der Waals surface area contributed by atoms with Crippen molar-refractivity contribution in [2.75, 3.05) is 33.4 Å². The predicted octanol–water partition coefficient (Wildman–Crippen LogP) is 4.02. The molecular formula is C23H30N2O5S. The minimum absolute atomic E-state index is 0.177. The highest BCUT2D eigenvalue weighted by atomic mass is 32.2. The summed E-state index contributed by atoms with van der Waals surface area (Å²) in [6.07, 6.45) is 3.55. The van der Waals surface area contributed by atoms with E-state index in [0.29, 0.717) is 47.9 Å². The van der Waals surface area contributed by atoms with E-state index in [1.807, 2.05) is 6.07 Å². The highest BCUT2D eigenvalue weighted by molar-refractivity contribution is 8.18. The first-order valence-electron chi connectivity index (χ1n) is 10.6. The van der Waals surface area contributed by atoms with Crippen LogP contribution in [0.1, 0.15) is 39.2 Å². The van der Waals surface area contributed by atoms with Gasteiger partial charge in [-0.25, -0.2) is 0 Å². The van der Waals surface area contributed by atoms with Crippen LogP contribution in [0.4, 0.5) is 4.79 Å². The standard InChI is InChI=1S/C23H30N2O5S/c1-15(2)14-30-18-6-5-17(11-19(18)29-4)12-20-22(27)25(23(28)31-20)13-21(26)24-9-7-16(3)8-10-24/h5-6,11-12,15-16H,7-10,13-14H2,1-4H3/b20-12-. The smallest absolute Gasteiger partial charge is 0.294 e. The molecule has 3 rings (SSSR count). The molecule has 2 aliphatic rings. The van der Waals surface area contributed by atoms with Crippen LogP contribution in [-0.4, -0.2) is 60.2 Å². The zero-order valence-electron chi connectivity index (χ0n) is 18.6. The molecule has 2 aliphatic heterocycles. The third kappa shape index (κ3) is 5.81. The van der Waals surface area contributed by atoms with E-state index in [9.17, 15) is 14.4 Å². The summed E-state index contributed by atoms with van der Waals surface area (Å²) in [5.74, 6) is 1.55. The van der Waals surface area contributed by atoms with Crippen LogP contribution in [0.25, 0.3) is 6.08 Å². The zero-order valence-corrected chi connectivity index (χ0v) is 19.4. The Balaban J connectivity index is 1.69. The van der Waals surface area contributed by atoms with Crippen LogP contribution in [0, 0.1) is 11.8 Å². The first-order chi connectivity index (χ1) is 14.8. The van der Waals surface area contributed by atoms with Crippen LogP contribution in [-0.2, 0) is 9.59 Å². The van der Waals surface area contributed by atoms with Crippen molar-refractivity contribution in [2.24, 2.45) is 11.8 Å². The number of imide groups is 1. The molecule has 0 aromatic heterocycles. The summed E-state index contributed by atoms with van der Waals surface area (Å²) in [5.41, 5.74) is 0.718. The SMILES string of the molecule is COc1cc(/C=C2\SC(=O)N(CC(=O)N3CCC(C)CC3)C2=O)ccc1OCC(C)C. The van der Waals surface area contributed by atoms with Gasteiger partial charge < -0.3 is 14.4 Å². The number of nitrogens with zero attached hydrogens (tertiary/aromatic N) is 2. The van der Waals surface area contributed by atoms with Gasteiger partial charge in [0.2, 0.25) is 5.91 Å². The van der Waals surface area contributed by atoms with Crippen molar-refractivity contribution in [1.29, 1.82) is 0 Å². The summed E-state index contributed by atoms with van der Waals surface area (Å²) in [7, 11) is 1.56. The molecule has 3 amide bonds. The van der Waals surface area contributed by atoms with Gasteiger partial charge in [-0.2, -0.15) is 0 Å². The van der Waals surface area contributed by atoms with E-state index in [0.717, 1.165) is 35.1 Å². The lowest BCUT2D eigenvalue weighted by molar-refractivity contribution is -0.136. The molecule has 1 aromatic rings. The van der Waals surface area contributed by atoms with Crippen molar-refractivity contribution >= 4 is 34.9 Å². The van der Waals surface area contributed by atoms with Gasteiger partial charge >= 0.3 is 0 Å². The summed E-state index contributed by atoms with van der Waals surface area (Å²) in [4.78, 5) is 40.8. The fourth-order valence-corrected chi connectivity index (χ4v) is 4.27. The third-order valence-electron chi connectivity index (χ3n) is 5.36. The number of ether oxygens (including phenoxy) is 2. The fourth-order valence-electron chi connectivity index (χ4n) is 3.43. The summed E-state index contributed by atoms with van der Waals surface area (Å²) in [6.45, 7) is 8.01. The van der Waals surface area contributed by atoms with Gasteiger partial charge in [0.05, 0.1) is 18.6 Å². The first-order valence-corrected chi connectivity index (χ1v) is 11.4. The summed E-state index contributed by atoms with van der Waals surface area (Å²) in [6, 6.07) is 5.37. The number of hydrogen-bond donors (Lipinski definition) is 0. The zero-order chi connectivity index (χ0) is 22.5. The van der Waals surface area contributed by atoms with Crippen molar-refractivity contribution in [2.45, 2.75) is 33.6 Å². The number of piperidine rings is 1. The number of thioether (sulfide) groups is 1. The van der Waals surface area contributed by atoms with Crippen molar-refractivity contribution in [3.8, 4) is 11.5 Å². The lowest BCUT2D eigenvalue weighted by atomic mass is 9.99. The monoisotopic (exact) mass is 446 g/mol. The number of likely N-dealkylation sites (tertiary alicyclic amines) is 1. The highest BCUT2D eigenvalue weighted by Crippen LogP contribution is 2.34. The van der Waals surface area contributed by atoms with Crippen LogP contribution in [0.3, 0.4) is 0 Å². The molecule has 168 valence electrons. The highest BCUT2D eigenvalue weighted by Gasteiger charge is 2.37. The van der Waals surface area contributed by atoms with E-state index in [1.165, 1.54) is 0 Å². The Bertz CT molecular complexity index is 875. The average molecular weight is 447 g/mol. The van der Waals surface area contributed by atoms with E-state index >= 15 is 0 Å². The first kappa shape index (κ1) is 23.2. The van der Waals surface area contributed by atoms with Gasteiger partial charge in [0.25, 0.3) is 11.1 Å². The number of amides is 3. The molecule has 0 bridgehead atoms. The molecule has 2 saturated heterocycles. The van der Waals surface area contributed by atoms with Crippen LogP contribution in [0.15, 0.2) is 23.1 Å². The second kappa shape index (κ2) is 10.2. The molecule has 1 aromatic carbocycles. The van der Waals surface area contributed by atoms with E-state index < -0.39 is 11.1 Å². The van der Waals surface area contributed by atoms with Crippen molar-refractivity contribution in [1.82, 2.24) is 9.80 Å². The van der Waals surface area contributed by atoms with Crippen molar-refractivity contribution in [3.05, 3.63) is 28.7 Å². The van der Waals surface area contributed by atoms with Crippen LogP contribution in [0.5, 0.6) is 11.5 Å². The lowest BCUT2D eigenvalue weighted by Crippen LogP contribution is -2.45. The average Bonchev–Trinajstić information content (AvgIpc) is 3.00. The summed E-state index contributed by atoms with van der Waals surface area (Å²) >= 11 is 0.853. The fraction of sp³-hybridized carbons (Fsp3) is 0.522. The molecule has 2 fully saturated rings. The maximum Gasteiger partial charge on any atom is 0.294 e. The van der Waals surface area contributed by atoms with E-state index in [2.05, 4.69) is 20.8 Å². The van der Waals surface area contributed by atoms with Gasteiger partial charge in [0.15, 0.2) is 11.5 Å². The Morgan fingerprint density at radius 2 is 1.94 bits per heavy atom. The maximum absolute atomic E-state index is 12.8. The minimum atomic E-state index is -0.437. The molecular weight excluding hydrogens is 416 g/mol. The van der Waals surface area contributed by atoms with E-state index in [4.69, 9.17) is 9.47 Å². The summed E-state index contributed by atoms with van der Waals surface area (Å²) in [5, 5.41) is -0.418.